The van der Waals surface area contributed by atoms with Gasteiger partial charge < -0.3 is 9.97 Å². The molecule has 0 N–H and O–H groups in total. The third kappa shape index (κ3) is 8.07. The maximum Gasteiger partial charge on any atom is 0.0318 e. The Kier molecular flexibility index (Phi) is 7.64. The summed E-state index contributed by atoms with van der Waals surface area (Å²) in [5.41, 5.74) is 5.40. The van der Waals surface area contributed by atoms with E-state index in [0.717, 1.165) is 11.3 Å². The molecule has 0 amide bonds. The Hall–Kier alpha value is -3.39. The summed E-state index contributed by atoms with van der Waals surface area (Å²) in [4.78, 5) is 8.63. The molecule has 0 saturated carbocycles. The standard InChI is InChI=1S/C20H18N.C17H20N.Ir/c1-20(2,17-11-7-4-8-12-17)18-13-14-21-19(15-18)16-9-5-3-6-10-16;1-12(2)9-16-10-17(18-11-14(16)4)15-7-5-13(3)6-8-15;/h3-9,11-15H,1-2H3;5-7,10-12H,9H2,1-4H3;/q2*-1;/i;3D3,4D3,9D2;. The Bertz CT molecular complexity index is 1770. The second-order valence-electron chi connectivity index (χ2n) is 10.1. The topological polar surface area (TPSA) is 25.8 Å². The van der Waals surface area contributed by atoms with Gasteiger partial charge >= 0.3 is 0 Å². The summed E-state index contributed by atoms with van der Waals surface area (Å²) in [6, 6.07) is 34.6. The van der Waals surface area contributed by atoms with E-state index in [-0.39, 0.29) is 42.2 Å². The molecule has 0 unspecified atom stereocenters. The van der Waals surface area contributed by atoms with Crippen LogP contribution in [0.1, 0.15) is 66.5 Å². The largest absolute Gasteiger partial charge is 0.305 e. The first-order valence-corrected chi connectivity index (χ1v) is 12.9. The van der Waals surface area contributed by atoms with Crippen molar-refractivity contribution in [3.05, 3.63) is 143 Å². The van der Waals surface area contributed by atoms with Crippen LogP contribution in [-0.4, -0.2) is 9.97 Å². The first kappa shape index (κ1) is 21.4. The van der Waals surface area contributed by atoms with Crippen molar-refractivity contribution < 1.29 is 31.1 Å². The monoisotopic (exact) mass is 711 g/mol. The van der Waals surface area contributed by atoms with Crippen LogP contribution in [0.25, 0.3) is 22.5 Å². The molecule has 0 aliphatic rings. The van der Waals surface area contributed by atoms with Crippen molar-refractivity contribution in [2.24, 2.45) is 5.92 Å². The molecule has 5 rings (SSSR count). The minimum Gasteiger partial charge on any atom is -0.305 e. The second kappa shape index (κ2) is 14.3. The molecule has 2 aromatic heterocycles. The van der Waals surface area contributed by atoms with Gasteiger partial charge in [-0.1, -0.05) is 82.6 Å². The molecule has 207 valence electrons. The molecule has 0 bridgehead atoms. The molecule has 40 heavy (non-hydrogen) atoms. The number of aryl methyl sites for hydroxylation is 2. The third-order valence-corrected chi connectivity index (χ3v) is 6.40. The van der Waals surface area contributed by atoms with Crippen LogP contribution in [0.4, 0.5) is 0 Å². The van der Waals surface area contributed by atoms with E-state index in [9.17, 15) is 0 Å². The predicted molar refractivity (Wildman–Crippen MR) is 164 cm³/mol. The van der Waals surface area contributed by atoms with Gasteiger partial charge in [0.1, 0.15) is 0 Å². The van der Waals surface area contributed by atoms with Gasteiger partial charge in [0.2, 0.25) is 0 Å². The average molecular weight is 711 g/mol. The molecule has 5 aromatic rings. The number of nitrogens with zero attached hydrogens (tertiary/aromatic N) is 2. The van der Waals surface area contributed by atoms with Gasteiger partial charge in [-0.25, -0.2) is 0 Å². The van der Waals surface area contributed by atoms with Crippen LogP contribution in [0.15, 0.2) is 103 Å². The smallest absolute Gasteiger partial charge is 0.0318 e. The van der Waals surface area contributed by atoms with Gasteiger partial charge in [-0.05, 0) is 53.3 Å². The Labute approximate surface area is 265 Å². The molecule has 0 aliphatic carbocycles. The molecule has 0 aliphatic heterocycles. The fraction of sp³-hybridized carbons (Fsp3) is 0.243. The van der Waals surface area contributed by atoms with Crippen molar-refractivity contribution in [2.75, 3.05) is 0 Å². The zero-order valence-electron chi connectivity index (χ0n) is 31.1. The summed E-state index contributed by atoms with van der Waals surface area (Å²) in [5, 5.41) is 0. The van der Waals surface area contributed by atoms with Gasteiger partial charge in [0.15, 0.2) is 0 Å². The Balaban J connectivity index is 0.000000260. The number of aromatic nitrogens is 2. The molecule has 0 fully saturated rings. The number of benzene rings is 3. The molecule has 3 aromatic carbocycles. The zero-order valence-corrected chi connectivity index (χ0v) is 25.5. The van der Waals surface area contributed by atoms with E-state index in [1.54, 1.807) is 13.8 Å². The van der Waals surface area contributed by atoms with E-state index in [1.807, 2.05) is 30.5 Å². The summed E-state index contributed by atoms with van der Waals surface area (Å²) < 4.78 is 61.8. The van der Waals surface area contributed by atoms with Gasteiger partial charge in [0.05, 0.1) is 0 Å². The van der Waals surface area contributed by atoms with E-state index >= 15 is 0 Å². The predicted octanol–water partition coefficient (Wildman–Crippen LogP) is 9.24. The van der Waals surface area contributed by atoms with Gasteiger partial charge in [-0.15, -0.1) is 71.3 Å². The van der Waals surface area contributed by atoms with E-state index in [1.165, 1.54) is 41.6 Å². The minimum atomic E-state index is -2.49. The fourth-order valence-corrected chi connectivity index (χ4v) is 4.16. The molecule has 0 spiro atoms. The van der Waals surface area contributed by atoms with Crippen LogP contribution in [0, 0.1) is 31.8 Å². The summed E-state index contributed by atoms with van der Waals surface area (Å²) in [7, 11) is 0. The molecule has 1 radical (unpaired) electrons. The summed E-state index contributed by atoms with van der Waals surface area (Å²) in [6.45, 7) is 3.12. The second-order valence-corrected chi connectivity index (χ2v) is 10.1. The molecular formula is C37H38IrN2-2. The zero-order chi connectivity index (χ0) is 34.6. The quantitative estimate of drug-likeness (QED) is 0.164. The van der Waals surface area contributed by atoms with Gasteiger partial charge in [-0.3, -0.25) is 0 Å². The van der Waals surface area contributed by atoms with Gasteiger partial charge in [0, 0.05) is 48.9 Å². The SMILES string of the molecule is CC(C)(c1ccccc1)c1ccnc(-c2[c-]cccc2)c1.[2H]C([2H])([2H])c1c[c-]c(-c2cc(C([2H])([2H])C(C)C)c(C([2H])([2H])[2H])cn2)cc1.[Ir]. The summed E-state index contributed by atoms with van der Waals surface area (Å²) in [5.74, 6) is -0.444. The molecular weight excluding hydrogens is 665 g/mol. The molecule has 2 nitrogen and oxygen atoms in total. The van der Waals surface area contributed by atoms with Crippen LogP contribution < -0.4 is 0 Å². The van der Waals surface area contributed by atoms with Crippen LogP contribution in [0.2, 0.25) is 0 Å². The summed E-state index contributed by atoms with van der Waals surface area (Å²) >= 11 is 0. The van der Waals surface area contributed by atoms with Crippen LogP contribution in [0.3, 0.4) is 0 Å². The average Bonchev–Trinajstić information content (AvgIpc) is 3.05. The third-order valence-electron chi connectivity index (χ3n) is 6.40. The molecule has 2 heterocycles. The molecule has 0 saturated heterocycles. The normalized spacial score (nSPS) is 14.8. The van der Waals surface area contributed by atoms with E-state index in [2.05, 4.69) is 78.4 Å². The Morgan fingerprint density at radius 1 is 0.825 bits per heavy atom. The van der Waals surface area contributed by atoms with Crippen molar-refractivity contribution in [1.29, 1.82) is 0 Å². The number of hydrogen-bond acceptors (Lipinski definition) is 2. The van der Waals surface area contributed by atoms with E-state index in [0.29, 0.717) is 11.3 Å². The molecule has 0 atom stereocenters. The number of hydrogen-bond donors (Lipinski definition) is 0. The van der Waals surface area contributed by atoms with Crippen molar-refractivity contribution >= 4 is 0 Å². The molecule has 3 heteroatoms. The van der Waals surface area contributed by atoms with Gasteiger partial charge in [0.25, 0.3) is 0 Å². The maximum absolute atomic E-state index is 8.32. The fourth-order valence-electron chi connectivity index (χ4n) is 4.16. The minimum absolute atomic E-state index is 0. The van der Waals surface area contributed by atoms with Crippen LogP contribution >= 0.6 is 0 Å². The van der Waals surface area contributed by atoms with E-state index < -0.39 is 26.0 Å². The maximum atomic E-state index is 8.32. The van der Waals surface area contributed by atoms with E-state index in [4.69, 9.17) is 11.0 Å². The van der Waals surface area contributed by atoms with Crippen molar-refractivity contribution in [1.82, 2.24) is 9.97 Å². The van der Waals surface area contributed by atoms with Crippen molar-refractivity contribution in [2.45, 2.75) is 53.2 Å². The van der Waals surface area contributed by atoms with Crippen LogP contribution in [-0.2, 0) is 31.9 Å². The number of rotatable bonds is 6. The number of pyridine rings is 2. The summed E-state index contributed by atoms with van der Waals surface area (Å²) in [6.07, 6.45) is 1.19. The van der Waals surface area contributed by atoms with Crippen molar-refractivity contribution in [3.63, 3.8) is 0 Å². The van der Waals surface area contributed by atoms with Gasteiger partial charge in [-0.2, -0.15) is 0 Å². The van der Waals surface area contributed by atoms with Crippen LogP contribution in [0.5, 0.6) is 0 Å². The first-order valence-electron chi connectivity index (χ1n) is 16.9. The Morgan fingerprint density at radius 2 is 1.57 bits per heavy atom. The van der Waals surface area contributed by atoms with Crippen molar-refractivity contribution in [3.8, 4) is 22.5 Å². The Morgan fingerprint density at radius 3 is 2.23 bits per heavy atom. The first-order chi connectivity index (χ1) is 21.9.